The lowest BCUT2D eigenvalue weighted by Gasteiger charge is -2.20. The third-order valence-electron chi connectivity index (χ3n) is 4.25. The Morgan fingerprint density at radius 3 is 1.48 bits per heavy atom. The highest BCUT2D eigenvalue weighted by Crippen LogP contribution is 2.68. The zero-order valence-electron chi connectivity index (χ0n) is 13.5. The van der Waals surface area contributed by atoms with Crippen LogP contribution in [-0.2, 0) is 0 Å². The molecular weight excluding hydrogens is 437 g/mol. The predicted octanol–water partition coefficient (Wildman–Crippen LogP) is 6.81. The van der Waals surface area contributed by atoms with Crippen LogP contribution in [0.3, 0.4) is 0 Å². The minimum Gasteiger partial charge on any atom is -0.122 e. The van der Waals surface area contributed by atoms with Crippen molar-refractivity contribution in [1.29, 1.82) is 0 Å². The molecule has 0 amide bonds. The summed E-state index contributed by atoms with van der Waals surface area (Å²) in [5.74, 6) is 5.47. The third kappa shape index (κ3) is 4.62. The summed E-state index contributed by atoms with van der Waals surface area (Å²) in [6.07, 6.45) is 4.33. The molecule has 132 valence electrons. The molecule has 0 radical (unpaired) electrons. The Kier molecular flexibility index (Phi) is 6.69. The van der Waals surface area contributed by atoms with E-state index in [1.807, 2.05) is 0 Å². The van der Waals surface area contributed by atoms with Crippen LogP contribution in [0.1, 0.15) is 33.1 Å². The van der Waals surface area contributed by atoms with Gasteiger partial charge in [0.05, 0.1) is 0 Å². The van der Waals surface area contributed by atoms with Gasteiger partial charge in [0.2, 0.25) is 0 Å². The summed E-state index contributed by atoms with van der Waals surface area (Å²) in [4.78, 5) is 0. The Balaban J connectivity index is 1.17. The van der Waals surface area contributed by atoms with E-state index in [9.17, 15) is 0 Å². The lowest BCUT2D eigenvalue weighted by atomic mass is 10.1. The SMILES string of the molecule is CC1CSC2(SCC(CCCC3CSC4(SCC(C)S4)S3)S2)S1. The quantitative estimate of drug-likeness (QED) is 0.443. The fourth-order valence-corrected chi connectivity index (χ4v) is 20.5. The Bertz CT molecular complexity index is 396. The van der Waals surface area contributed by atoms with Gasteiger partial charge in [0.15, 0.2) is 5.49 Å². The molecule has 4 heterocycles. The predicted molar refractivity (Wildman–Crippen MR) is 126 cm³/mol. The van der Waals surface area contributed by atoms with Crippen molar-refractivity contribution in [1.82, 2.24) is 0 Å². The minimum atomic E-state index is 0.472. The summed E-state index contributed by atoms with van der Waals surface area (Å²) >= 11 is 17.9. The van der Waals surface area contributed by atoms with Crippen LogP contribution in [0.5, 0.6) is 0 Å². The van der Waals surface area contributed by atoms with Crippen LogP contribution in [0.2, 0.25) is 0 Å². The lowest BCUT2D eigenvalue weighted by molar-refractivity contribution is 0.682. The van der Waals surface area contributed by atoms with Crippen molar-refractivity contribution in [2.45, 2.75) is 59.6 Å². The van der Waals surface area contributed by atoms with E-state index in [1.165, 1.54) is 42.3 Å². The summed E-state index contributed by atoms with van der Waals surface area (Å²) in [5, 5.41) is 3.53. The smallest absolute Gasteiger partial charge is 0.122 e. The highest BCUT2D eigenvalue weighted by atomic mass is 32.3. The second-order valence-electron chi connectivity index (χ2n) is 6.51. The van der Waals surface area contributed by atoms with Gasteiger partial charge >= 0.3 is 0 Å². The molecule has 0 saturated carbocycles. The normalized spacial score (nSPS) is 49.8. The Morgan fingerprint density at radius 2 is 1.09 bits per heavy atom. The molecule has 23 heavy (non-hydrogen) atoms. The summed E-state index contributed by atoms with van der Waals surface area (Å²) in [7, 11) is 0. The lowest BCUT2D eigenvalue weighted by Crippen LogP contribution is -2.08. The van der Waals surface area contributed by atoms with Gasteiger partial charge in [-0.25, -0.2) is 0 Å². The summed E-state index contributed by atoms with van der Waals surface area (Å²) in [6.45, 7) is 4.79. The summed E-state index contributed by atoms with van der Waals surface area (Å²) in [5.41, 5.74) is 0. The molecule has 6 atom stereocenters. The molecule has 4 aliphatic rings. The van der Waals surface area contributed by atoms with E-state index < -0.39 is 0 Å². The molecule has 4 aliphatic heterocycles. The van der Waals surface area contributed by atoms with Gasteiger partial charge in [-0.1, -0.05) is 20.3 Å². The standard InChI is InChI=1S/C15H24S8/c1-10-6-16-14(20-10)18-8-12(22-14)4-3-5-13-9-19-15(23-13)17-7-11(2)21-15/h10-13H,3-9H2,1-2H3. The van der Waals surface area contributed by atoms with Gasteiger partial charge in [0.1, 0.15) is 0 Å². The first kappa shape index (κ1) is 19.1. The van der Waals surface area contributed by atoms with Gasteiger partial charge in [0, 0.05) is 44.0 Å². The molecule has 4 fully saturated rings. The molecule has 0 aromatic carbocycles. The van der Waals surface area contributed by atoms with E-state index in [0.29, 0.717) is 5.49 Å². The molecule has 4 rings (SSSR count). The van der Waals surface area contributed by atoms with E-state index in [1.54, 1.807) is 0 Å². The average molecular weight is 461 g/mol. The largest absolute Gasteiger partial charge is 0.154 e. The van der Waals surface area contributed by atoms with Gasteiger partial charge in [-0.2, -0.15) is 0 Å². The first-order valence-electron chi connectivity index (χ1n) is 8.33. The van der Waals surface area contributed by atoms with Crippen molar-refractivity contribution in [2.75, 3.05) is 23.0 Å². The fourth-order valence-electron chi connectivity index (χ4n) is 3.13. The molecule has 0 aromatic heterocycles. The highest BCUT2D eigenvalue weighted by molar-refractivity contribution is 8.51. The molecule has 0 N–H and O–H groups in total. The maximum absolute atomic E-state index is 2.39. The second-order valence-corrected chi connectivity index (χ2v) is 20.9. The number of hydrogen-bond acceptors (Lipinski definition) is 8. The van der Waals surface area contributed by atoms with Crippen LogP contribution in [0.15, 0.2) is 0 Å². The number of hydrogen-bond donors (Lipinski definition) is 0. The topological polar surface area (TPSA) is 0 Å². The molecule has 0 nitrogen and oxygen atoms in total. The number of thioether (sulfide) groups is 8. The minimum absolute atomic E-state index is 0.472. The van der Waals surface area contributed by atoms with Gasteiger partial charge in [-0.3, -0.25) is 0 Å². The molecule has 8 heteroatoms. The van der Waals surface area contributed by atoms with E-state index in [4.69, 9.17) is 0 Å². The van der Waals surface area contributed by atoms with Crippen molar-refractivity contribution < 1.29 is 0 Å². The van der Waals surface area contributed by atoms with E-state index in [0.717, 1.165) is 21.0 Å². The maximum atomic E-state index is 2.39. The summed E-state index contributed by atoms with van der Waals surface area (Å²) in [6, 6.07) is 0. The maximum Gasteiger partial charge on any atom is 0.154 e. The van der Waals surface area contributed by atoms with Crippen molar-refractivity contribution in [3.63, 3.8) is 0 Å². The Hall–Kier alpha value is 2.80. The second kappa shape index (κ2) is 8.04. The first-order chi connectivity index (χ1) is 11.1. The summed E-state index contributed by atoms with van der Waals surface area (Å²) < 4.78 is 0.943. The first-order valence-corrected chi connectivity index (χ1v) is 15.8. The van der Waals surface area contributed by atoms with Crippen LogP contribution in [-0.4, -0.2) is 49.5 Å². The van der Waals surface area contributed by atoms with Gasteiger partial charge in [-0.05, 0) is 12.8 Å². The average Bonchev–Trinajstić information content (AvgIpc) is 3.25. The van der Waals surface area contributed by atoms with Gasteiger partial charge in [0.25, 0.3) is 0 Å². The third-order valence-corrected chi connectivity index (χ3v) is 20.4. The zero-order valence-corrected chi connectivity index (χ0v) is 20.1. The van der Waals surface area contributed by atoms with Gasteiger partial charge < -0.3 is 0 Å². The van der Waals surface area contributed by atoms with Crippen molar-refractivity contribution in [2.24, 2.45) is 0 Å². The molecule has 0 aromatic rings. The van der Waals surface area contributed by atoms with Crippen LogP contribution in [0.4, 0.5) is 0 Å². The van der Waals surface area contributed by atoms with Crippen molar-refractivity contribution >= 4 is 94.1 Å². The molecule has 6 unspecified atom stereocenters. The molecule has 0 bridgehead atoms. The van der Waals surface area contributed by atoms with Crippen LogP contribution < -0.4 is 0 Å². The number of rotatable bonds is 4. The molecule has 2 spiro atoms. The zero-order chi connectivity index (χ0) is 15.9. The van der Waals surface area contributed by atoms with Crippen molar-refractivity contribution in [3.8, 4) is 0 Å². The van der Waals surface area contributed by atoms with Gasteiger partial charge in [-0.15, -0.1) is 94.1 Å². The van der Waals surface area contributed by atoms with Crippen LogP contribution in [0, 0.1) is 0 Å². The van der Waals surface area contributed by atoms with Crippen molar-refractivity contribution in [3.05, 3.63) is 0 Å². The highest BCUT2D eigenvalue weighted by Gasteiger charge is 2.48. The molecular formula is C15H24S8. The Labute approximate surface area is 175 Å². The molecule has 0 aliphatic carbocycles. The monoisotopic (exact) mass is 460 g/mol. The Morgan fingerprint density at radius 1 is 0.652 bits per heavy atom. The molecule has 4 saturated heterocycles. The van der Waals surface area contributed by atoms with Crippen LogP contribution >= 0.6 is 94.1 Å². The van der Waals surface area contributed by atoms with Crippen LogP contribution in [0.25, 0.3) is 0 Å². The van der Waals surface area contributed by atoms with E-state index in [-0.39, 0.29) is 0 Å². The van der Waals surface area contributed by atoms with E-state index in [2.05, 4.69) is 108 Å². The van der Waals surface area contributed by atoms with E-state index >= 15 is 0 Å². The fraction of sp³-hybridized carbons (Fsp3) is 1.00.